The van der Waals surface area contributed by atoms with Crippen LogP contribution in [0.1, 0.15) is 35.7 Å². The molecule has 0 unspecified atom stereocenters. The second-order valence-corrected chi connectivity index (χ2v) is 4.01. The molecule has 3 nitrogen and oxygen atoms in total. The summed E-state index contributed by atoms with van der Waals surface area (Å²) in [6.45, 7) is 5.36. The summed E-state index contributed by atoms with van der Waals surface area (Å²) in [7, 11) is 0. The number of carbonyl (C=O) groups is 1. The Morgan fingerprint density at radius 2 is 2.20 bits per heavy atom. The van der Waals surface area contributed by atoms with Crippen molar-refractivity contribution in [2.45, 2.75) is 19.8 Å². The fourth-order valence-corrected chi connectivity index (χ4v) is 1.63. The van der Waals surface area contributed by atoms with Gasteiger partial charge in [0.15, 0.2) is 0 Å². The van der Waals surface area contributed by atoms with Crippen molar-refractivity contribution in [3.63, 3.8) is 0 Å². The molecule has 0 atom stereocenters. The molecule has 15 heavy (non-hydrogen) atoms. The summed E-state index contributed by atoms with van der Waals surface area (Å²) in [5.74, 6) is 1.11. The first kappa shape index (κ1) is 10.0. The van der Waals surface area contributed by atoms with E-state index in [4.69, 9.17) is 4.74 Å². The van der Waals surface area contributed by atoms with Gasteiger partial charge in [-0.15, -0.1) is 0 Å². The van der Waals surface area contributed by atoms with Crippen molar-refractivity contribution in [3.8, 4) is 5.75 Å². The smallest absolute Gasteiger partial charge is 0.255 e. The maximum Gasteiger partial charge on any atom is 0.255 e. The first-order valence-electron chi connectivity index (χ1n) is 5.23. The third kappa shape index (κ3) is 1.96. The summed E-state index contributed by atoms with van der Waals surface area (Å²) in [4.78, 5) is 11.6. The fourth-order valence-electron chi connectivity index (χ4n) is 1.63. The van der Waals surface area contributed by atoms with Crippen molar-refractivity contribution in [3.05, 3.63) is 29.3 Å². The van der Waals surface area contributed by atoms with Crippen molar-refractivity contribution >= 4 is 5.91 Å². The molecule has 1 amide bonds. The van der Waals surface area contributed by atoms with Gasteiger partial charge in [-0.3, -0.25) is 4.79 Å². The van der Waals surface area contributed by atoms with Crippen molar-refractivity contribution in [2.24, 2.45) is 0 Å². The molecule has 1 aromatic rings. The quantitative estimate of drug-likeness (QED) is 0.760. The average Bonchev–Trinajstić information content (AvgIpc) is 2.40. The summed E-state index contributed by atoms with van der Waals surface area (Å²) in [5.41, 5.74) is 1.83. The third-order valence-corrected chi connectivity index (χ3v) is 2.56. The highest BCUT2D eigenvalue weighted by molar-refractivity contribution is 5.97. The second kappa shape index (κ2) is 3.93. The zero-order chi connectivity index (χ0) is 10.8. The molecule has 0 aliphatic carbocycles. The van der Waals surface area contributed by atoms with Crippen LogP contribution in [-0.2, 0) is 0 Å². The van der Waals surface area contributed by atoms with Gasteiger partial charge < -0.3 is 10.1 Å². The topological polar surface area (TPSA) is 38.3 Å². The SMILES string of the molecule is CC(C)c1ccc2c(c1)OCCNC2=O. The molecule has 0 radical (unpaired) electrons. The molecule has 80 valence electrons. The molecule has 0 saturated heterocycles. The van der Waals surface area contributed by atoms with E-state index in [1.165, 1.54) is 5.56 Å². The molecule has 0 spiro atoms. The van der Waals surface area contributed by atoms with Gasteiger partial charge in [0.25, 0.3) is 5.91 Å². The summed E-state index contributed by atoms with van der Waals surface area (Å²) in [6.07, 6.45) is 0. The van der Waals surface area contributed by atoms with Crippen LogP contribution in [0.2, 0.25) is 0 Å². The lowest BCUT2D eigenvalue weighted by molar-refractivity contribution is 0.0957. The van der Waals surface area contributed by atoms with E-state index in [9.17, 15) is 4.79 Å². The van der Waals surface area contributed by atoms with Crippen LogP contribution in [0.15, 0.2) is 18.2 Å². The molecule has 2 rings (SSSR count). The number of benzene rings is 1. The molecule has 1 aliphatic heterocycles. The monoisotopic (exact) mass is 205 g/mol. The van der Waals surface area contributed by atoms with E-state index in [1.54, 1.807) is 0 Å². The molecular weight excluding hydrogens is 190 g/mol. The van der Waals surface area contributed by atoms with Gasteiger partial charge in [-0.1, -0.05) is 19.9 Å². The van der Waals surface area contributed by atoms with Gasteiger partial charge in [-0.05, 0) is 23.6 Å². The van der Waals surface area contributed by atoms with Crippen LogP contribution >= 0.6 is 0 Å². The molecule has 0 saturated carbocycles. The van der Waals surface area contributed by atoms with E-state index in [1.807, 2.05) is 18.2 Å². The van der Waals surface area contributed by atoms with Crippen molar-refractivity contribution in [1.82, 2.24) is 5.32 Å². The Morgan fingerprint density at radius 1 is 1.40 bits per heavy atom. The summed E-state index contributed by atoms with van der Waals surface area (Å²) < 4.78 is 5.53. The zero-order valence-electron chi connectivity index (χ0n) is 9.04. The summed E-state index contributed by atoms with van der Waals surface area (Å²) in [6, 6.07) is 5.79. The van der Waals surface area contributed by atoms with Gasteiger partial charge in [-0.2, -0.15) is 0 Å². The minimum atomic E-state index is -0.0437. The third-order valence-electron chi connectivity index (χ3n) is 2.56. The van der Waals surface area contributed by atoms with E-state index < -0.39 is 0 Å². The minimum Gasteiger partial charge on any atom is -0.491 e. The summed E-state index contributed by atoms with van der Waals surface area (Å²) >= 11 is 0. The maximum atomic E-state index is 11.6. The van der Waals surface area contributed by atoms with E-state index in [0.717, 1.165) is 0 Å². The first-order valence-corrected chi connectivity index (χ1v) is 5.23. The Bertz CT molecular complexity index is 385. The van der Waals surface area contributed by atoms with Gasteiger partial charge in [0, 0.05) is 0 Å². The molecule has 1 N–H and O–H groups in total. The van der Waals surface area contributed by atoms with E-state index in [-0.39, 0.29) is 5.91 Å². The van der Waals surface area contributed by atoms with Crippen LogP contribution in [0.5, 0.6) is 5.75 Å². The summed E-state index contributed by atoms with van der Waals surface area (Å²) in [5, 5.41) is 2.79. The van der Waals surface area contributed by atoms with Crippen LogP contribution in [-0.4, -0.2) is 19.1 Å². The van der Waals surface area contributed by atoms with Crippen LogP contribution in [0.3, 0.4) is 0 Å². The Morgan fingerprint density at radius 3 is 2.93 bits per heavy atom. The van der Waals surface area contributed by atoms with Crippen molar-refractivity contribution in [2.75, 3.05) is 13.2 Å². The highest BCUT2D eigenvalue weighted by Crippen LogP contribution is 2.25. The number of rotatable bonds is 1. The van der Waals surface area contributed by atoms with Gasteiger partial charge in [0.05, 0.1) is 12.1 Å². The number of hydrogen-bond acceptors (Lipinski definition) is 2. The van der Waals surface area contributed by atoms with E-state index in [2.05, 4.69) is 19.2 Å². The van der Waals surface area contributed by atoms with Crippen molar-refractivity contribution in [1.29, 1.82) is 0 Å². The number of amides is 1. The second-order valence-electron chi connectivity index (χ2n) is 4.01. The highest BCUT2D eigenvalue weighted by Gasteiger charge is 2.16. The molecule has 0 aromatic heterocycles. The molecule has 1 aliphatic rings. The Labute approximate surface area is 89.4 Å². The van der Waals surface area contributed by atoms with E-state index >= 15 is 0 Å². The van der Waals surface area contributed by atoms with Gasteiger partial charge in [-0.25, -0.2) is 0 Å². The molecule has 3 heteroatoms. The maximum absolute atomic E-state index is 11.6. The number of hydrogen-bond donors (Lipinski definition) is 1. The van der Waals surface area contributed by atoms with E-state index in [0.29, 0.717) is 30.4 Å². The predicted octanol–water partition coefficient (Wildman–Crippen LogP) is 1.93. The van der Waals surface area contributed by atoms with Crippen LogP contribution in [0.25, 0.3) is 0 Å². The lowest BCUT2D eigenvalue weighted by atomic mass is 10.0. The fraction of sp³-hybridized carbons (Fsp3) is 0.417. The molecular formula is C12H15NO2. The predicted molar refractivity (Wildman–Crippen MR) is 58.4 cm³/mol. The zero-order valence-corrected chi connectivity index (χ0v) is 9.04. The minimum absolute atomic E-state index is 0.0437. The largest absolute Gasteiger partial charge is 0.491 e. The first-order chi connectivity index (χ1) is 7.18. The molecule has 0 bridgehead atoms. The normalized spacial score (nSPS) is 15.3. The number of ether oxygens (including phenoxy) is 1. The highest BCUT2D eigenvalue weighted by atomic mass is 16.5. The Balaban J connectivity index is 2.42. The van der Waals surface area contributed by atoms with Gasteiger partial charge in [0.1, 0.15) is 12.4 Å². The molecule has 0 fully saturated rings. The number of fused-ring (bicyclic) bond motifs is 1. The van der Waals surface area contributed by atoms with Gasteiger partial charge in [0.2, 0.25) is 0 Å². The Hall–Kier alpha value is -1.51. The van der Waals surface area contributed by atoms with Gasteiger partial charge >= 0.3 is 0 Å². The lowest BCUT2D eigenvalue weighted by Gasteiger charge is -2.10. The van der Waals surface area contributed by atoms with Crippen molar-refractivity contribution < 1.29 is 9.53 Å². The number of carbonyl (C=O) groups excluding carboxylic acids is 1. The number of nitrogens with one attached hydrogen (secondary N) is 1. The molecule has 1 heterocycles. The Kier molecular flexibility index (Phi) is 2.62. The van der Waals surface area contributed by atoms with Crippen LogP contribution < -0.4 is 10.1 Å². The molecule has 1 aromatic carbocycles. The average molecular weight is 205 g/mol. The van der Waals surface area contributed by atoms with Crippen LogP contribution in [0.4, 0.5) is 0 Å². The standard InChI is InChI=1S/C12H15NO2/c1-8(2)9-3-4-10-11(7-9)15-6-5-13-12(10)14/h3-4,7-8H,5-6H2,1-2H3,(H,13,14). The van der Waals surface area contributed by atoms with Crippen LogP contribution in [0, 0.1) is 0 Å². The lowest BCUT2D eigenvalue weighted by Crippen LogP contribution is -2.24.